The third-order valence-corrected chi connectivity index (χ3v) is 6.41. The van der Waals surface area contributed by atoms with Gasteiger partial charge in [-0.05, 0) is 55.0 Å². The molecule has 8 nitrogen and oxygen atoms in total. The molecule has 3 aromatic rings. The van der Waals surface area contributed by atoms with Gasteiger partial charge in [0.2, 0.25) is 9.84 Å². The van der Waals surface area contributed by atoms with Gasteiger partial charge >= 0.3 is 0 Å². The minimum Gasteiger partial charge on any atom is -0.394 e. The first-order valence-electron chi connectivity index (χ1n) is 9.55. The highest BCUT2D eigenvalue weighted by atomic mass is 32.2. The SMILES string of the molecule is Cc1ccc(NC(=O)/C(N)=C/c2cccc(S(=O)(=O)c3ccccc3)c2)c(/C(N)=N/N)c1. The smallest absolute Gasteiger partial charge is 0.271 e. The predicted octanol–water partition coefficient (Wildman–Crippen LogP) is 2.35. The maximum atomic E-state index is 12.8. The fraction of sp³-hybridized carbons (Fsp3) is 0.0435. The van der Waals surface area contributed by atoms with Crippen LogP contribution in [0.25, 0.3) is 6.08 Å². The number of nitrogens with two attached hydrogens (primary N) is 3. The first-order valence-corrected chi connectivity index (χ1v) is 11.0. The van der Waals surface area contributed by atoms with E-state index in [9.17, 15) is 13.2 Å². The molecule has 0 heterocycles. The fourth-order valence-electron chi connectivity index (χ4n) is 3.00. The molecule has 3 aromatic carbocycles. The van der Waals surface area contributed by atoms with Crippen LogP contribution in [-0.4, -0.2) is 20.2 Å². The Bertz CT molecular complexity index is 1320. The number of nitrogens with zero attached hydrogens (tertiary/aromatic N) is 1. The van der Waals surface area contributed by atoms with Crippen LogP contribution >= 0.6 is 0 Å². The second-order valence-electron chi connectivity index (χ2n) is 7.01. The monoisotopic (exact) mass is 449 g/mol. The van der Waals surface area contributed by atoms with E-state index in [0.29, 0.717) is 16.8 Å². The van der Waals surface area contributed by atoms with Gasteiger partial charge in [0.25, 0.3) is 5.91 Å². The maximum absolute atomic E-state index is 12.8. The number of carbonyl (C=O) groups excluding carboxylic acids is 1. The van der Waals surface area contributed by atoms with E-state index in [-0.39, 0.29) is 21.3 Å². The first-order chi connectivity index (χ1) is 15.2. The lowest BCUT2D eigenvalue weighted by atomic mass is 10.1. The molecular formula is C23H23N5O3S. The number of aryl methyl sites for hydroxylation is 1. The largest absolute Gasteiger partial charge is 0.394 e. The highest BCUT2D eigenvalue weighted by Crippen LogP contribution is 2.22. The molecule has 0 aliphatic heterocycles. The predicted molar refractivity (Wildman–Crippen MR) is 125 cm³/mol. The molecule has 1 amide bonds. The van der Waals surface area contributed by atoms with Crippen LogP contribution in [0, 0.1) is 6.92 Å². The number of anilines is 1. The zero-order valence-corrected chi connectivity index (χ0v) is 18.1. The summed E-state index contributed by atoms with van der Waals surface area (Å²) in [5, 5.41) is 6.16. The van der Waals surface area contributed by atoms with Crippen molar-refractivity contribution < 1.29 is 13.2 Å². The fourth-order valence-corrected chi connectivity index (χ4v) is 4.33. The summed E-state index contributed by atoms with van der Waals surface area (Å²) in [5.41, 5.74) is 13.9. The molecule has 9 heteroatoms. The Morgan fingerprint density at radius 3 is 2.31 bits per heavy atom. The number of rotatable bonds is 6. The second-order valence-corrected chi connectivity index (χ2v) is 8.96. The maximum Gasteiger partial charge on any atom is 0.271 e. The number of hydrogen-bond donors (Lipinski definition) is 4. The molecule has 0 aromatic heterocycles. The van der Waals surface area contributed by atoms with Crippen LogP contribution in [-0.2, 0) is 14.6 Å². The lowest BCUT2D eigenvalue weighted by molar-refractivity contribution is -0.112. The Labute approximate surface area is 186 Å². The Kier molecular flexibility index (Phi) is 6.60. The van der Waals surface area contributed by atoms with Gasteiger partial charge < -0.3 is 22.6 Å². The van der Waals surface area contributed by atoms with E-state index >= 15 is 0 Å². The Morgan fingerprint density at radius 2 is 1.62 bits per heavy atom. The summed E-state index contributed by atoms with van der Waals surface area (Å²) in [5.74, 6) is 4.75. The molecule has 0 aliphatic carbocycles. The Morgan fingerprint density at radius 1 is 0.938 bits per heavy atom. The van der Waals surface area contributed by atoms with Crippen LogP contribution in [0.1, 0.15) is 16.7 Å². The van der Waals surface area contributed by atoms with Gasteiger partial charge in [-0.15, -0.1) is 0 Å². The van der Waals surface area contributed by atoms with E-state index in [1.807, 2.05) is 6.92 Å². The van der Waals surface area contributed by atoms with Crippen molar-refractivity contribution in [2.75, 3.05) is 5.32 Å². The van der Waals surface area contributed by atoms with E-state index < -0.39 is 15.7 Å². The average Bonchev–Trinajstić information content (AvgIpc) is 2.80. The van der Waals surface area contributed by atoms with Gasteiger partial charge in [-0.25, -0.2) is 8.42 Å². The van der Waals surface area contributed by atoms with Gasteiger partial charge in [0.1, 0.15) is 0 Å². The lowest BCUT2D eigenvalue weighted by Gasteiger charge is -2.12. The summed E-state index contributed by atoms with van der Waals surface area (Å²) in [6.07, 6.45) is 1.40. The van der Waals surface area contributed by atoms with Crippen molar-refractivity contribution in [1.29, 1.82) is 0 Å². The van der Waals surface area contributed by atoms with Crippen LogP contribution in [0.4, 0.5) is 5.69 Å². The van der Waals surface area contributed by atoms with E-state index in [4.69, 9.17) is 17.3 Å². The summed E-state index contributed by atoms with van der Waals surface area (Å²) in [6, 6.07) is 19.5. The molecule has 0 spiro atoms. The van der Waals surface area contributed by atoms with Gasteiger partial charge in [-0.3, -0.25) is 4.79 Å². The van der Waals surface area contributed by atoms with Crippen molar-refractivity contribution >= 4 is 33.3 Å². The highest BCUT2D eigenvalue weighted by Gasteiger charge is 2.17. The van der Waals surface area contributed by atoms with Gasteiger partial charge in [-0.2, -0.15) is 5.10 Å². The number of nitrogens with one attached hydrogen (secondary N) is 1. The average molecular weight is 450 g/mol. The first kappa shape index (κ1) is 22.6. The minimum atomic E-state index is -3.70. The zero-order valence-electron chi connectivity index (χ0n) is 17.3. The van der Waals surface area contributed by atoms with Crippen LogP contribution in [0.3, 0.4) is 0 Å². The summed E-state index contributed by atoms with van der Waals surface area (Å²) in [4.78, 5) is 12.9. The van der Waals surface area contributed by atoms with Crippen molar-refractivity contribution in [3.05, 3.63) is 95.2 Å². The van der Waals surface area contributed by atoms with Gasteiger partial charge in [0.15, 0.2) is 5.84 Å². The summed E-state index contributed by atoms with van der Waals surface area (Å²) in [7, 11) is -3.70. The van der Waals surface area contributed by atoms with Crippen molar-refractivity contribution in [3.63, 3.8) is 0 Å². The molecule has 0 unspecified atom stereocenters. The molecule has 164 valence electrons. The molecule has 0 bridgehead atoms. The van der Waals surface area contributed by atoms with E-state index in [0.717, 1.165) is 5.56 Å². The zero-order chi connectivity index (χ0) is 23.3. The van der Waals surface area contributed by atoms with Crippen molar-refractivity contribution in [3.8, 4) is 0 Å². The number of hydrazone groups is 1. The Balaban J connectivity index is 1.88. The minimum absolute atomic E-state index is 0.0605. The standard InChI is InChI=1S/C23H23N5O3S/c1-15-10-11-21(19(12-15)22(25)28-26)27-23(29)20(24)14-16-6-5-9-18(13-16)32(30,31)17-7-3-2-4-8-17/h2-14H,24,26H2,1H3,(H2,25,28)(H,27,29)/b20-14-. The molecule has 0 atom stereocenters. The number of benzene rings is 3. The molecule has 0 radical (unpaired) electrons. The molecular weight excluding hydrogens is 426 g/mol. The molecule has 0 aliphatic rings. The normalized spacial score (nSPS) is 12.4. The van der Waals surface area contributed by atoms with Crippen molar-refractivity contribution in [2.45, 2.75) is 16.7 Å². The molecule has 32 heavy (non-hydrogen) atoms. The number of amides is 1. The quantitative estimate of drug-likeness (QED) is 0.149. The summed E-state index contributed by atoms with van der Waals surface area (Å²) in [6.45, 7) is 1.86. The van der Waals surface area contributed by atoms with Crippen LogP contribution < -0.4 is 22.6 Å². The molecule has 0 saturated carbocycles. The van der Waals surface area contributed by atoms with Gasteiger partial charge in [-0.1, -0.05) is 42.0 Å². The number of carbonyl (C=O) groups is 1. The van der Waals surface area contributed by atoms with Crippen molar-refractivity contribution in [1.82, 2.24) is 0 Å². The van der Waals surface area contributed by atoms with E-state index in [1.54, 1.807) is 48.5 Å². The topological polar surface area (TPSA) is 154 Å². The molecule has 3 rings (SSSR count). The highest BCUT2D eigenvalue weighted by molar-refractivity contribution is 7.91. The van der Waals surface area contributed by atoms with Crippen molar-refractivity contribution in [2.24, 2.45) is 22.4 Å². The van der Waals surface area contributed by atoms with Crippen LogP contribution in [0.5, 0.6) is 0 Å². The molecule has 0 saturated heterocycles. The van der Waals surface area contributed by atoms with Gasteiger partial charge in [0, 0.05) is 5.56 Å². The molecule has 7 N–H and O–H groups in total. The number of hydrogen-bond acceptors (Lipinski definition) is 6. The van der Waals surface area contributed by atoms with Gasteiger partial charge in [0.05, 0.1) is 21.2 Å². The third kappa shape index (κ3) is 4.96. The third-order valence-electron chi connectivity index (χ3n) is 4.64. The second kappa shape index (κ2) is 9.36. The van der Waals surface area contributed by atoms with E-state index in [1.165, 1.54) is 30.3 Å². The Hall–Kier alpha value is -4.11. The number of amidine groups is 1. The summed E-state index contributed by atoms with van der Waals surface area (Å²) >= 11 is 0. The van der Waals surface area contributed by atoms with Crippen LogP contribution in [0.2, 0.25) is 0 Å². The van der Waals surface area contributed by atoms with Crippen LogP contribution in [0.15, 0.2) is 93.4 Å². The number of sulfone groups is 1. The summed E-state index contributed by atoms with van der Waals surface area (Å²) < 4.78 is 25.7. The van der Waals surface area contributed by atoms with E-state index in [2.05, 4.69) is 10.4 Å². The lowest BCUT2D eigenvalue weighted by Crippen LogP contribution is -2.23. The molecule has 0 fully saturated rings.